The van der Waals surface area contributed by atoms with E-state index >= 15 is 0 Å². The zero-order chi connectivity index (χ0) is 26.6. The molecule has 1 N–H and O–H groups in total. The van der Waals surface area contributed by atoms with Crippen molar-refractivity contribution in [3.05, 3.63) is 100 Å². The number of hydrogen-bond donors (Lipinski definition) is 1. The lowest BCUT2D eigenvalue weighted by Gasteiger charge is -2.13. The Hall–Kier alpha value is -3.30. The Balaban J connectivity index is 1.56. The molecule has 1 aromatic heterocycles. The van der Waals surface area contributed by atoms with E-state index in [4.69, 9.17) is 14.8 Å². The average Bonchev–Trinajstić information content (AvgIpc) is 3.26. The van der Waals surface area contributed by atoms with Gasteiger partial charge < -0.3 is 9.84 Å². The normalized spacial score (nSPS) is 12.4. The molecule has 1 heterocycles. The predicted molar refractivity (Wildman–Crippen MR) is 140 cm³/mol. The van der Waals surface area contributed by atoms with Gasteiger partial charge in [0.1, 0.15) is 10.8 Å². The van der Waals surface area contributed by atoms with Gasteiger partial charge in [0.15, 0.2) is 6.10 Å². The van der Waals surface area contributed by atoms with Gasteiger partial charge in [-0.3, -0.25) is 0 Å². The number of thioether (sulfide) groups is 1. The number of thiazole rings is 1. The molecule has 0 spiro atoms. The summed E-state index contributed by atoms with van der Waals surface area (Å²) in [7, 11) is 0. The van der Waals surface area contributed by atoms with Crippen LogP contribution in [0.25, 0.3) is 10.6 Å². The summed E-state index contributed by atoms with van der Waals surface area (Å²) in [4.78, 5) is 17.9. The molecule has 0 fully saturated rings. The van der Waals surface area contributed by atoms with Crippen molar-refractivity contribution in [2.45, 2.75) is 43.2 Å². The molecule has 1 atom stereocenters. The Labute approximate surface area is 221 Å². The molecule has 0 saturated carbocycles. The SMILES string of the molecule is Cc1cc(SCc2sc(-c3ccc(C(F)(F)F)cc3)nc2Cc2ccccc2)ccc1OC(C)C(=O)O. The minimum atomic E-state index is -4.38. The summed E-state index contributed by atoms with van der Waals surface area (Å²) < 4.78 is 44.5. The van der Waals surface area contributed by atoms with Crippen LogP contribution in [0.2, 0.25) is 0 Å². The van der Waals surface area contributed by atoms with Crippen molar-refractivity contribution in [2.75, 3.05) is 0 Å². The molecule has 4 aromatic rings. The fraction of sp³-hybridized carbons (Fsp3) is 0.214. The third-order valence-electron chi connectivity index (χ3n) is 5.62. The van der Waals surface area contributed by atoms with Crippen molar-refractivity contribution in [1.82, 2.24) is 4.98 Å². The molecule has 0 radical (unpaired) electrons. The fourth-order valence-corrected chi connectivity index (χ4v) is 5.76. The van der Waals surface area contributed by atoms with E-state index in [0.29, 0.717) is 28.5 Å². The molecule has 0 aliphatic carbocycles. The van der Waals surface area contributed by atoms with Crippen molar-refractivity contribution in [1.29, 1.82) is 0 Å². The van der Waals surface area contributed by atoms with E-state index in [2.05, 4.69) is 0 Å². The van der Waals surface area contributed by atoms with Crippen molar-refractivity contribution in [3.63, 3.8) is 0 Å². The quantitative estimate of drug-likeness (QED) is 0.218. The molecule has 37 heavy (non-hydrogen) atoms. The Morgan fingerprint density at radius 3 is 2.41 bits per heavy atom. The summed E-state index contributed by atoms with van der Waals surface area (Å²) in [6.45, 7) is 3.35. The predicted octanol–water partition coefficient (Wildman–Crippen LogP) is 7.87. The summed E-state index contributed by atoms with van der Waals surface area (Å²) in [5, 5.41) is 9.76. The van der Waals surface area contributed by atoms with Crippen LogP contribution in [0.4, 0.5) is 13.2 Å². The summed E-state index contributed by atoms with van der Waals surface area (Å²) in [6.07, 6.45) is -4.71. The molecule has 192 valence electrons. The first kappa shape index (κ1) is 26.8. The molecule has 4 rings (SSSR count). The lowest BCUT2D eigenvalue weighted by molar-refractivity contribution is -0.144. The Morgan fingerprint density at radius 1 is 1.08 bits per heavy atom. The molecular formula is C28H24F3NO3S2. The van der Waals surface area contributed by atoms with Crippen LogP contribution in [-0.2, 0) is 23.1 Å². The lowest BCUT2D eigenvalue weighted by atomic mass is 10.1. The highest BCUT2D eigenvalue weighted by Crippen LogP contribution is 2.36. The first-order valence-corrected chi connectivity index (χ1v) is 13.2. The van der Waals surface area contributed by atoms with Crippen LogP contribution in [0.1, 0.15) is 34.2 Å². The molecule has 0 saturated heterocycles. The zero-order valence-electron chi connectivity index (χ0n) is 20.1. The molecule has 0 aliphatic rings. The topological polar surface area (TPSA) is 59.4 Å². The van der Waals surface area contributed by atoms with Crippen molar-refractivity contribution >= 4 is 29.1 Å². The van der Waals surface area contributed by atoms with Crippen molar-refractivity contribution in [2.24, 2.45) is 0 Å². The maximum atomic E-state index is 13.0. The second-order valence-corrected chi connectivity index (χ2v) is 10.6. The zero-order valence-corrected chi connectivity index (χ0v) is 21.7. The van der Waals surface area contributed by atoms with Gasteiger partial charge in [0.2, 0.25) is 0 Å². The molecule has 0 aliphatic heterocycles. The lowest BCUT2D eigenvalue weighted by Crippen LogP contribution is -2.23. The standard InChI is InChI=1S/C28H24F3NO3S2/c1-17-14-22(12-13-24(17)35-18(2)27(33)34)36-16-25-23(15-19-6-4-3-5-7-19)32-26(37-25)20-8-10-21(11-9-20)28(29,30)31/h3-14,18H,15-16H2,1-2H3,(H,33,34). The van der Waals surface area contributed by atoms with Gasteiger partial charge in [0.05, 0.1) is 11.3 Å². The van der Waals surface area contributed by atoms with E-state index in [1.165, 1.54) is 30.4 Å². The van der Waals surface area contributed by atoms with Gasteiger partial charge in [0, 0.05) is 27.5 Å². The summed E-state index contributed by atoms with van der Waals surface area (Å²) in [5.74, 6) is 0.121. The van der Waals surface area contributed by atoms with E-state index in [1.54, 1.807) is 17.8 Å². The van der Waals surface area contributed by atoms with E-state index in [-0.39, 0.29) is 0 Å². The number of aromatic nitrogens is 1. The van der Waals surface area contributed by atoms with Crippen LogP contribution in [-0.4, -0.2) is 22.2 Å². The smallest absolute Gasteiger partial charge is 0.416 e. The van der Waals surface area contributed by atoms with E-state index in [1.807, 2.05) is 49.4 Å². The number of rotatable bonds is 9. The largest absolute Gasteiger partial charge is 0.479 e. The highest BCUT2D eigenvalue weighted by atomic mass is 32.2. The first-order valence-electron chi connectivity index (χ1n) is 11.4. The molecule has 0 amide bonds. The van der Waals surface area contributed by atoms with Crippen LogP contribution in [0, 0.1) is 6.92 Å². The third-order valence-corrected chi connectivity index (χ3v) is 7.97. The van der Waals surface area contributed by atoms with Gasteiger partial charge in [0.25, 0.3) is 0 Å². The van der Waals surface area contributed by atoms with Crippen molar-refractivity contribution in [3.8, 4) is 16.3 Å². The number of carboxylic acid groups (broad SMARTS) is 1. The molecule has 0 bridgehead atoms. The first-order chi connectivity index (χ1) is 17.6. The van der Waals surface area contributed by atoms with Crippen LogP contribution >= 0.6 is 23.1 Å². The number of hydrogen-bond acceptors (Lipinski definition) is 5. The maximum Gasteiger partial charge on any atom is 0.416 e. The Bertz CT molecular complexity index is 1370. The second kappa shape index (κ2) is 11.4. The monoisotopic (exact) mass is 543 g/mol. The molecular weight excluding hydrogens is 519 g/mol. The van der Waals surface area contributed by atoms with Gasteiger partial charge in [-0.15, -0.1) is 23.1 Å². The highest BCUT2D eigenvalue weighted by molar-refractivity contribution is 7.98. The third kappa shape index (κ3) is 6.93. The number of ether oxygens (including phenoxy) is 1. The number of alkyl halides is 3. The second-order valence-electron chi connectivity index (χ2n) is 8.44. The summed E-state index contributed by atoms with van der Waals surface area (Å²) in [5.41, 5.74) is 2.79. The number of nitrogens with zero attached hydrogens (tertiary/aromatic N) is 1. The van der Waals surface area contributed by atoms with Crippen LogP contribution < -0.4 is 4.74 Å². The molecule has 3 aromatic carbocycles. The Kier molecular flexibility index (Phi) is 8.24. The van der Waals surface area contributed by atoms with Crippen LogP contribution in [0.5, 0.6) is 5.75 Å². The van der Waals surface area contributed by atoms with Crippen LogP contribution in [0.15, 0.2) is 77.7 Å². The number of carboxylic acids is 1. The van der Waals surface area contributed by atoms with E-state index < -0.39 is 23.8 Å². The number of carbonyl (C=O) groups is 1. The molecule has 4 nitrogen and oxygen atoms in total. The van der Waals surface area contributed by atoms with Gasteiger partial charge in [-0.05, 0) is 55.3 Å². The van der Waals surface area contributed by atoms with Gasteiger partial charge >= 0.3 is 12.1 Å². The van der Waals surface area contributed by atoms with Gasteiger partial charge in [-0.25, -0.2) is 9.78 Å². The van der Waals surface area contributed by atoms with Gasteiger partial charge in [-0.2, -0.15) is 13.2 Å². The minimum Gasteiger partial charge on any atom is -0.479 e. The average molecular weight is 544 g/mol. The van der Waals surface area contributed by atoms with E-state index in [0.717, 1.165) is 38.7 Å². The number of halogens is 3. The fourth-order valence-electron chi connectivity index (χ4n) is 3.58. The number of aliphatic carboxylic acids is 1. The molecule has 9 heteroatoms. The Morgan fingerprint density at radius 2 is 1.78 bits per heavy atom. The number of aryl methyl sites for hydroxylation is 1. The van der Waals surface area contributed by atoms with Gasteiger partial charge in [-0.1, -0.05) is 42.5 Å². The van der Waals surface area contributed by atoms with Crippen LogP contribution in [0.3, 0.4) is 0 Å². The number of benzene rings is 3. The highest BCUT2D eigenvalue weighted by Gasteiger charge is 2.30. The maximum absolute atomic E-state index is 13.0. The van der Waals surface area contributed by atoms with E-state index in [9.17, 15) is 18.0 Å². The summed E-state index contributed by atoms with van der Waals surface area (Å²) >= 11 is 3.09. The molecule has 1 unspecified atom stereocenters. The summed E-state index contributed by atoms with van der Waals surface area (Å²) in [6, 6.07) is 20.6. The van der Waals surface area contributed by atoms with Crippen molar-refractivity contribution < 1.29 is 27.8 Å². The minimum absolute atomic E-state index is 0.520.